The summed E-state index contributed by atoms with van der Waals surface area (Å²) in [5, 5.41) is 6.65. The summed E-state index contributed by atoms with van der Waals surface area (Å²) in [6, 6.07) is 9.96. The molecule has 2 heterocycles. The molecule has 29 heavy (non-hydrogen) atoms. The van der Waals surface area contributed by atoms with Gasteiger partial charge in [0.05, 0.1) is 6.61 Å². The summed E-state index contributed by atoms with van der Waals surface area (Å²) in [5.74, 6) is 3.04. The van der Waals surface area contributed by atoms with Crippen LogP contribution in [0.3, 0.4) is 0 Å². The summed E-state index contributed by atoms with van der Waals surface area (Å²) in [7, 11) is 1.76. The standard InChI is InChI=1S/C21H28N4O3.HI/c1-3-4-12-26-20-17(6-5-10-23-20)14-25-21(22-2)24-11-9-16-7-8-18-19(13-16)28-15-27-18;/h5-8,10,13H,3-4,9,11-12,14-15H2,1-2H3,(H2,22,24,25);1H. The molecule has 0 amide bonds. The Hall–Kier alpha value is -2.23. The fourth-order valence-electron chi connectivity index (χ4n) is 2.82. The van der Waals surface area contributed by atoms with Crippen LogP contribution in [0, 0.1) is 0 Å². The van der Waals surface area contributed by atoms with Gasteiger partial charge in [-0.1, -0.05) is 25.5 Å². The lowest BCUT2D eigenvalue weighted by Crippen LogP contribution is -2.38. The Labute approximate surface area is 189 Å². The predicted molar refractivity (Wildman–Crippen MR) is 125 cm³/mol. The van der Waals surface area contributed by atoms with E-state index in [2.05, 4.69) is 33.6 Å². The van der Waals surface area contributed by atoms with Crippen LogP contribution >= 0.6 is 24.0 Å². The number of guanidine groups is 1. The summed E-state index contributed by atoms with van der Waals surface area (Å²) >= 11 is 0. The highest BCUT2D eigenvalue weighted by atomic mass is 127. The quantitative estimate of drug-likeness (QED) is 0.232. The first-order valence-electron chi connectivity index (χ1n) is 9.70. The Bertz CT molecular complexity index is 801. The van der Waals surface area contributed by atoms with Gasteiger partial charge in [-0.2, -0.15) is 0 Å². The highest BCUT2D eigenvalue weighted by Crippen LogP contribution is 2.32. The van der Waals surface area contributed by atoms with Crippen LogP contribution in [0.25, 0.3) is 0 Å². The first kappa shape index (κ1) is 23.1. The molecule has 158 valence electrons. The number of nitrogens with zero attached hydrogens (tertiary/aromatic N) is 2. The molecular weight excluding hydrogens is 483 g/mol. The Morgan fingerprint density at radius 1 is 1.21 bits per heavy atom. The molecule has 1 aromatic carbocycles. The van der Waals surface area contributed by atoms with Crippen LogP contribution in [0.15, 0.2) is 41.5 Å². The third-order valence-electron chi connectivity index (χ3n) is 4.40. The molecule has 1 aromatic heterocycles. The zero-order chi connectivity index (χ0) is 19.6. The number of unbranched alkanes of at least 4 members (excludes halogenated alkanes) is 1. The summed E-state index contributed by atoms with van der Waals surface area (Å²) < 4.78 is 16.6. The number of halogens is 1. The van der Waals surface area contributed by atoms with Gasteiger partial charge in [0.1, 0.15) is 0 Å². The van der Waals surface area contributed by atoms with Crippen LogP contribution in [0.1, 0.15) is 30.9 Å². The molecule has 0 unspecified atom stereocenters. The van der Waals surface area contributed by atoms with Gasteiger partial charge in [-0.3, -0.25) is 4.99 Å². The van der Waals surface area contributed by atoms with E-state index in [1.165, 1.54) is 5.56 Å². The number of aliphatic imine (C=N–C) groups is 1. The number of nitrogens with one attached hydrogen (secondary N) is 2. The fraction of sp³-hybridized carbons (Fsp3) is 0.429. The SMILES string of the molecule is CCCCOc1ncccc1CNC(=NC)NCCc1ccc2c(c1)OCO2.I. The first-order chi connectivity index (χ1) is 13.8. The topological polar surface area (TPSA) is 77.0 Å². The van der Waals surface area contributed by atoms with E-state index >= 15 is 0 Å². The van der Waals surface area contributed by atoms with Crippen LogP contribution in [0.2, 0.25) is 0 Å². The van der Waals surface area contributed by atoms with Crippen molar-refractivity contribution in [2.24, 2.45) is 4.99 Å². The summed E-state index contributed by atoms with van der Waals surface area (Å²) in [5.41, 5.74) is 2.20. The van der Waals surface area contributed by atoms with E-state index < -0.39 is 0 Å². The van der Waals surface area contributed by atoms with Crippen molar-refractivity contribution >= 4 is 29.9 Å². The Morgan fingerprint density at radius 2 is 2.07 bits per heavy atom. The molecular formula is C21H29IN4O3. The van der Waals surface area contributed by atoms with Gasteiger partial charge in [-0.25, -0.2) is 4.98 Å². The van der Waals surface area contributed by atoms with E-state index in [1.54, 1.807) is 13.2 Å². The number of rotatable bonds is 9. The van der Waals surface area contributed by atoms with Crippen molar-refractivity contribution < 1.29 is 14.2 Å². The molecule has 0 saturated carbocycles. The molecule has 2 N–H and O–H groups in total. The van der Waals surface area contributed by atoms with Gasteiger partial charge in [0.15, 0.2) is 17.5 Å². The summed E-state index contributed by atoms with van der Waals surface area (Å²) in [6.07, 6.45) is 4.73. The van der Waals surface area contributed by atoms with E-state index in [0.29, 0.717) is 25.8 Å². The lowest BCUT2D eigenvalue weighted by molar-refractivity contribution is 0.174. The molecule has 2 aromatic rings. The number of benzene rings is 1. The molecule has 0 bridgehead atoms. The van der Waals surface area contributed by atoms with Crippen LogP contribution in [0.5, 0.6) is 17.4 Å². The lowest BCUT2D eigenvalue weighted by Gasteiger charge is -2.14. The van der Waals surface area contributed by atoms with Gasteiger partial charge < -0.3 is 24.8 Å². The molecule has 0 aliphatic carbocycles. The first-order valence-corrected chi connectivity index (χ1v) is 9.70. The fourth-order valence-corrected chi connectivity index (χ4v) is 2.82. The zero-order valence-electron chi connectivity index (χ0n) is 16.9. The monoisotopic (exact) mass is 512 g/mol. The maximum atomic E-state index is 5.79. The number of hydrogen-bond acceptors (Lipinski definition) is 5. The summed E-state index contributed by atoms with van der Waals surface area (Å²) in [6.45, 7) is 4.48. The average molecular weight is 512 g/mol. The largest absolute Gasteiger partial charge is 0.477 e. The second kappa shape index (κ2) is 12.4. The van der Waals surface area contributed by atoms with E-state index in [9.17, 15) is 0 Å². The Balaban J connectivity index is 0.00000300. The van der Waals surface area contributed by atoms with Gasteiger partial charge in [-0.15, -0.1) is 24.0 Å². The van der Waals surface area contributed by atoms with Crippen molar-refractivity contribution in [1.82, 2.24) is 15.6 Å². The molecule has 1 aliphatic heterocycles. The van der Waals surface area contributed by atoms with E-state index in [0.717, 1.165) is 48.8 Å². The minimum absolute atomic E-state index is 0. The molecule has 3 rings (SSSR count). The van der Waals surface area contributed by atoms with E-state index in [4.69, 9.17) is 14.2 Å². The van der Waals surface area contributed by atoms with Crippen molar-refractivity contribution in [3.8, 4) is 17.4 Å². The Kier molecular flexibility index (Phi) is 9.82. The van der Waals surface area contributed by atoms with Crippen LogP contribution < -0.4 is 24.8 Å². The van der Waals surface area contributed by atoms with Gasteiger partial charge in [0.25, 0.3) is 0 Å². The lowest BCUT2D eigenvalue weighted by atomic mass is 10.1. The van der Waals surface area contributed by atoms with Gasteiger partial charge in [0.2, 0.25) is 12.7 Å². The highest BCUT2D eigenvalue weighted by Gasteiger charge is 2.13. The molecule has 1 aliphatic rings. The van der Waals surface area contributed by atoms with Crippen LogP contribution in [-0.2, 0) is 13.0 Å². The molecule has 0 atom stereocenters. The van der Waals surface area contributed by atoms with Crippen LogP contribution in [0.4, 0.5) is 0 Å². The zero-order valence-corrected chi connectivity index (χ0v) is 19.3. The van der Waals surface area contributed by atoms with Crippen molar-refractivity contribution in [1.29, 1.82) is 0 Å². The highest BCUT2D eigenvalue weighted by molar-refractivity contribution is 14.0. The van der Waals surface area contributed by atoms with Gasteiger partial charge in [0, 0.05) is 31.9 Å². The van der Waals surface area contributed by atoms with Gasteiger partial charge in [-0.05, 0) is 36.6 Å². The third-order valence-corrected chi connectivity index (χ3v) is 4.40. The number of fused-ring (bicyclic) bond motifs is 1. The van der Waals surface area contributed by atoms with Crippen molar-refractivity contribution in [3.05, 3.63) is 47.7 Å². The van der Waals surface area contributed by atoms with Crippen molar-refractivity contribution in [2.45, 2.75) is 32.7 Å². The van der Waals surface area contributed by atoms with E-state index in [1.807, 2.05) is 24.3 Å². The number of hydrogen-bond donors (Lipinski definition) is 2. The molecule has 8 heteroatoms. The number of aromatic nitrogens is 1. The minimum atomic E-state index is 0. The molecule has 0 fully saturated rings. The maximum absolute atomic E-state index is 5.79. The van der Waals surface area contributed by atoms with E-state index in [-0.39, 0.29) is 24.0 Å². The second-order valence-corrected chi connectivity index (χ2v) is 6.46. The normalized spacial score (nSPS) is 12.3. The van der Waals surface area contributed by atoms with Crippen LogP contribution in [-0.4, -0.2) is 37.9 Å². The smallest absolute Gasteiger partial charge is 0.231 e. The molecule has 0 radical (unpaired) electrons. The second-order valence-electron chi connectivity index (χ2n) is 6.46. The predicted octanol–water partition coefficient (Wildman–Crippen LogP) is 3.51. The number of pyridine rings is 1. The molecule has 7 nitrogen and oxygen atoms in total. The summed E-state index contributed by atoms with van der Waals surface area (Å²) in [4.78, 5) is 8.63. The minimum Gasteiger partial charge on any atom is -0.477 e. The Morgan fingerprint density at radius 3 is 2.90 bits per heavy atom. The molecule has 0 saturated heterocycles. The van der Waals surface area contributed by atoms with Crippen molar-refractivity contribution in [2.75, 3.05) is 27.0 Å². The van der Waals surface area contributed by atoms with Crippen molar-refractivity contribution in [3.63, 3.8) is 0 Å². The third kappa shape index (κ3) is 6.95. The maximum Gasteiger partial charge on any atom is 0.231 e. The number of ether oxygens (including phenoxy) is 3. The van der Waals surface area contributed by atoms with Gasteiger partial charge >= 0.3 is 0 Å². The molecule has 0 spiro atoms. The average Bonchev–Trinajstić information content (AvgIpc) is 3.19.